The highest BCUT2D eigenvalue weighted by molar-refractivity contribution is 6.31. The molecule has 1 heterocycles. The van der Waals surface area contributed by atoms with Crippen molar-refractivity contribution in [3.8, 4) is 0 Å². The lowest BCUT2D eigenvalue weighted by Crippen LogP contribution is -2.36. The lowest BCUT2D eigenvalue weighted by molar-refractivity contribution is -0.384. The van der Waals surface area contributed by atoms with Crippen molar-refractivity contribution in [1.29, 1.82) is 0 Å². The van der Waals surface area contributed by atoms with Gasteiger partial charge in [-0.15, -0.1) is 0 Å². The zero-order valence-corrected chi connectivity index (χ0v) is 14.9. The molecule has 0 radical (unpaired) electrons. The molecule has 0 aliphatic carbocycles. The lowest BCUT2D eigenvalue weighted by atomic mass is 10.1. The van der Waals surface area contributed by atoms with Crippen LogP contribution in [-0.4, -0.2) is 37.2 Å². The van der Waals surface area contributed by atoms with Gasteiger partial charge in [0.2, 0.25) is 0 Å². The average molecular weight is 395 g/mol. The predicted octanol–water partition coefficient (Wildman–Crippen LogP) is 3.58. The van der Waals surface area contributed by atoms with Crippen LogP contribution in [-0.2, 0) is 16.1 Å². The lowest BCUT2D eigenvalue weighted by Gasteiger charge is -2.28. The van der Waals surface area contributed by atoms with Crippen LogP contribution >= 0.6 is 11.6 Å². The van der Waals surface area contributed by atoms with E-state index in [9.17, 15) is 19.3 Å². The van der Waals surface area contributed by atoms with E-state index in [-0.39, 0.29) is 22.9 Å². The van der Waals surface area contributed by atoms with Crippen molar-refractivity contribution in [2.75, 3.05) is 31.2 Å². The Morgan fingerprint density at radius 2 is 2.00 bits per heavy atom. The minimum absolute atomic E-state index is 0.0527. The molecule has 1 aliphatic rings. The number of hydrogen-bond donors (Lipinski definition) is 0. The Labute approximate surface area is 159 Å². The highest BCUT2D eigenvalue weighted by Gasteiger charge is 2.23. The third-order valence-electron chi connectivity index (χ3n) is 4.13. The van der Waals surface area contributed by atoms with Gasteiger partial charge in [-0.3, -0.25) is 10.1 Å². The molecule has 7 nitrogen and oxygen atoms in total. The first-order chi connectivity index (χ1) is 13.0. The van der Waals surface area contributed by atoms with Crippen LogP contribution in [0.5, 0.6) is 0 Å². The van der Waals surface area contributed by atoms with E-state index in [1.807, 2.05) is 4.90 Å². The molecule has 1 aliphatic heterocycles. The maximum absolute atomic E-state index is 13.1. The number of morpholine rings is 1. The third kappa shape index (κ3) is 4.53. The Bertz CT molecular complexity index is 871. The minimum Gasteiger partial charge on any atom is -0.457 e. The number of carbonyl (C=O) groups excluding carboxylic acids is 1. The Morgan fingerprint density at radius 3 is 2.67 bits per heavy atom. The molecule has 0 atom stereocenters. The second kappa shape index (κ2) is 8.32. The number of rotatable bonds is 5. The van der Waals surface area contributed by atoms with Crippen molar-refractivity contribution in [2.45, 2.75) is 6.61 Å². The van der Waals surface area contributed by atoms with Gasteiger partial charge in [0.1, 0.15) is 18.1 Å². The summed E-state index contributed by atoms with van der Waals surface area (Å²) < 4.78 is 23.5. The second-order valence-corrected chi connectivity index (χ2v) is 6.28. The zero-order valence-electron chi connectivity index (χ0n) is 14.2. The summed E-state index contributed by atoms with van der Waals surface area (Å²) in [6.45, 7) is 1.87. The fourth-order valence-electron chi connectivity index (χ4n) is 2.73. The molecule has 0 saturated carbocycles. The molecule has 0 bridgehead atoms. The molecule has 2 aromatic carbocycles. The molecule has 0 aromatic heterocycles. The molecule has 0 unspecified atom stereocenters. The number of esters is 1. The smallest absolute Gasteiger partial charge is 0.338 e. The van der Waals surface area contributed by atoms with Gasteiger partial charge in [0.15, 0.2) is 0 Å². The number of nitro groups is 1. The van der Waals surface area contributed by atoms with Gasteiger partial charge in [0.05, 0.1) is 28.7 Å². The molecule has 1 saturated heterocycles. The number of nitro benzene ring substituents is 1. The third-order valence-corrected chi connectivity index (χ3v) is 4.49. The first kappa shape index (κ1) is 19.1. The summed E-state index contributed by atoms with van der Waals surface area (Å²) in [6.07, 6.45) is 0. The van der Waals surface area contributed by atoms with Gasteiger partial charge in [0.25, 0.3) is 5.69 Å². The molecule has 3 rings (SSSR count). The summed E-state index contributed by atoms with van der Waals surface area (Å²) >= 11 is 5.90. The van der Waals surface area contributed by atoms with Crippen LogP contribution in [0.4, 0.5) is 15.8 Å². The van der Waals surface area contributed by atoms with Crippen molar-refractivity contribution < 1.29 is 23.6 Å². The number of carbonyl (C=O) groups is 1. The molecule has 0 N–H and O–H groups in total. The molecule has 1 fully saturated rings. The number of anilines is 1. The molecule has 0 amide bonds. The predicted molar refractivity (Wildman–Crippen MR) is 96.7 cm³/mol. The number of halogens is 2. The topological polar surface area (TPSA) is 81.9 Å². The average Bonchev–Trinajstić information content (AvgIpc) is 2.67. The Kier molecular flexibility index (Phi) is 5.88. The van der Waals surface area contributed by atoms with Gasteiger partial charge in [-0.05, 0) is 24.3 Å². The van der Waals surface area contributed by atoms with Gasteiger partial charge in [-0.1, -0.05) is 17.7 Å². The first-order valence-electron chi connectivity index (χ1n) is 8.18. The van der Waals surface area contributed by atoms with E-state index in [0.29, 0.717) is 37.6 Å². The zero-order chi connectivity index (χ0) is 19.4. The summed E-state index contributed by atoms with van der Waals surface area (Å²) in [5, 5.41) is 11.6. The van der Waals surface area contributed by atoms with E-state index in [0.717, 1.165) is 6.07 Å². The Balaban J connectivity index is 1.76. The number of benzene rings is 2. The SMILES string of the molecule is O=C(OCc1ccc(F)cc1Cl)c1ccc(N2CCOCC2)c([N+](=O)[O-])c1. The maximum Gasteiger partial charge on any atom is 0.338 e. The van der Waals surface area contributed by atoms with Crippen LogP contribution in [0.1, 0.15) is 15.9 Å². The molecule has 9 heteroatoms. The Morgan fingerprint density at radius 1 is 1.26 bits per heavy atom. The number of ether oxygens (including phenoxy) is 2. The molecule has 0 spiro atoms. The van der Waals surface area contributed by atoms with Crippen LogP contribution in [0.15, 0.2) is 36.4 Å². The van der Waals surface area contributed by atoms with Gasteiger partial charge >= 0.3 is 5.97 Å². The van der Waals surface area contributed by atoms with Gasteiger partial charge in [-0.2, -0.15) is 0 Å². The van der Waals surface area contributed by atoms with E-state index < -0.39 is 16.7 Å². The van der Waals surface area contributed by atoms with Crippen LogP contribution in [0, 0.1) is 15.9 Å². The molecule has 27 heavy (non-hydrogen) atoms. The van der Waals surface area contributed by atoms with Crippen molar-refractivity contribution in [1.82, 2.24) is 0 Å². The van der Waals surface area contributed by atoms with E-state index in [2.05, 4.69) is 0 Å². The van der Waals surface area contributed by atoms with Gasteiger partial charge in [0, 0.05) is 24.7 Å². The van der Waals surface area contributed by atoms with Crippen molar-refractivity contribution in [2.24, 2.45) is 0 Å². The molecular weight excluding hydrogens is 379 g/mol. The van der Waals surface area contributed by atoms with Crippen LogP contribution in [0.3, 0.4) is 0 Å². The highest BCUT2D eigenvalue weighted by atomic mass is 35.5. The fourth-order valence-corrected chi connectivity index (χ4v) is 2.96. The van der Waals surface area contributed by atoms with Crippen molar-refractivity contribution in [3.05, 3.63) is 68.5 Å². The van der Waals surface area contributed by atoms with Crippen LogP contribution in [0.25, 0.3) is 0 Å². The van der Waals surface area contributed by atoms with Gasteiger partial charge < -0.3 is 14.4 Å². The highest BCUT2D eigenvalue weighted by Crippen LogP contribution is 2.30. The summed E-state index contributed by atoms with van der Waals surface area (Å²) in [7, 11) is 0. The van der Waals surface area contributed by atoms with Crippen LogP contribution < -0.4 is 4.90 Å². The van der Waals surface area contributed by atoms with Crippen LogP contribution in [0.2, 0.25) is 5.02 Å². The second-order valence-electron chi connectivity index (χ2n) is 5.87. The quantitative estimate of drug-likeness (QED) is 0.438. The van der Waals surface area contributed by atoms with Gasteiger partial charge in [-0.25, -0.2) is 9.18 Å². The minimum atomic E-state index is -0.730. The summed E-state index contributed by atoms with van der Waals surface area (Å²) in [5.74, 6) is -1.23. The van der Waals surface area contributed by atoms with E-state index >= 15 is 0 Å². The standard InChI is InChI=1S/C18H16ClFN2O5/c19-15-10-14(20)3-1-13(15)11-27-18(23)12-2-4-16(17(9-12)22(24)25)21-5-7-26-8-6-21/h1-4,9-10H,5-8,11H2. The maximum atomic E-state index is 13.1. The fraction of sp³-hybridized carbons (Fsp3) is 0.278. The van der Waals surface area contributed by atoms with E-state index in [1.165, 1.54) is 30.3 Å². The summed E-state index contributed by atoms with van der Waals surface area (Å²) in [5.41, 5.74) is 0.746. The van der Waals surface area contributed by atoms with E-state index in [4.69, 9.17) is 21.1 Å². The summed E-state index contributed by atoms with van der Waals surface area (Å²) in [6, 6.07) is 7.94. The largest absolute Gasteiger partial charge is 0.457 e. The summed E-state index contributed by atoms with van der Waals surface area (Å²) in [4.78, 5) is 25.0. The molecular formula is C18H16ClFN2O5. The number of nitrogens with zero attached hydrogens (tertiary/aromatic N) is 2. The Hall–Kier alpha value is -2.71. The molecule has 142 valence electrons. The first-order valence-corrected chi connectivity index (χ1v) is 8.55. The normalized spacial score (nSPS) is 14.1. The van der Waals surface area contributed by atoms with Crippen molar-refractivity contribution >= 4 is 28.9 Å². The monoisotopic (exact) mass is 394 g/mol. The molecule has 2 aromatic rings. The van der Waals surface area contributed by atoms with E-state index in [1.54, 1.807) is 0 Å². The number of hydrogen-bond acceptors (Lipinski definition) is 6. The van der Waals surface area contributed by atoms with Crippen molar-refractivity contribution in [3.63, 3.8) is 0 Å².